The lowest BCUT2D eigenvalue weighted by molar-refractivity contribution is -0.133. The predicted molar refractivity (Wildman–Crippen MR) is 117 cm³/mol. The number of fused-ring (bicyclic) bond motifs is 1. The number of pyridine rings is 2. The number of amides is 2. The summed E-state index contributed by atoms with van der Waals surface area (Å²) in [6.45, 7) is 1.84. The van der Waals surface area contributed by atoms with Crippen LogP contribution in [0.15, 0.2) is 54.9 Å². The molecular formula is C23H19FN6O3. The summed E-state index contributed by atoms with van der Waals surface area (Å²) in [4.78, 5) is 35.2. The van der Waals surface area contributed by atoms with E-state index in [4.69, 9.17) is 10.5 Å². The van der Waals surface area contributed by atoms with Crippen LogP contribution in [0.25, 0.3) is 11.0 Å². The van der Waals surface area contributed by atoms with Gasteiger partial charge in [-0.3, -0.25) is 19.6 Å². The molecule has 3 heterocycles. The number of nitrogens with two attached hydrogens (primary N) is 1. The Kier molecular flexibility index (Phi) is 4.77. The highest BCUT2D eigenvalue weighted by Crippen LogP contribution is 2.48. The molecule has 2 amide bonds. The van der Waals surface area contributed by atoms with Gasteiger partial charge >= 0.3 is 0 Å². The molecule has 5 rings (SSSR count). The molecular weight excluding hydrogens is 427 g/mol. The summed E-state index contributed by atoms with van der Waals surface area (Å²) in [6, 6.07) is 10.3. The van der Waals surface area contributed by atoms with Gasteiger partial charge in [-0.15, -0.1) is 0 Å². The van der Waals surface area contributed by atoms with E-state index in [2.05, 4.69) is 20.2 Å². The van der Waals surface area contributed by atoms with Gasteiger partial charge in [0.1, 0.15) is 28.5 Å². The van der Waals surface area contributed by atoms with Crippen LogP contribution >= 0.6 is 0 Å². The number of aromatic amines is 1. The van der Waals surface area contributed by atoms with Crippen LogP contribution in [-0.4, -0.2) is 32.0 Å². The quantitative estimate of drug-likeness (QED) is 0.436. The SMILES string of the molecule is Cc1n[nH]c2nccc(Oc3ccc(N(C(=O)C4(C(N)=O)CC4)c4ccc(F)cc4)nc3)c12. The van der Waals surface area contributed by atoms with Gasteiger partial charge < -0.3 is 10.5 Å². The summed E-state index contributed by atoms with van der Waals surface area (Å²) in [6.07, 6.45) is 3.79. The molecule has 3 aromatic heterocycles. The van der Waals surface area contributed by atoms with Crippen molar-refractivity contribution in [3.8, 4) is 11.5 Å². The number of nitrogens with one attached hydrogen (secondary N) is 1. The van der Waals surface area contributed by atoms with Crippen LogP contribution in [0.1, 0.15) is 18.5 Å². The number of nitrogens with zero attached hydrogens (tertiary/aromatic N) is 4. The van der Waals surface area contributed by atoms with Gasteiger partial charge in [0.2, 0.25) is 11.8 Å². The van der Waals surface area contributed by atoms with Gasteiger partial charge in [-0.05, 0) is 62.2 Å². The van der Waals surface area contributed by atoms with Gasteiger partial charge in [0.25, 0.3) is 0 Å². The van der Waals surface area contributed by atoms with Crippen LogP contribution < -0.4 is 15.4 Å². The number of rotatable bonds is 6. The van der Waals surface area contributed by atoms with E-state index in [-0.39, 0.29) is 5.82 Å². The molecule has 4 aromatic rings. The van der Waals surface area contributed by atoms with Gasteiger partial charge in [0.15, 0.2) is 5.65 Å². The minimum Gasteiger partial charge on any atom is -0.455 e. The summed E-state index contributed by atoms with van der Waals surface area (Å²) in [5, 5.41) is 7.73. The number of anilines is 2. The first-order valence-corrected chi connectivity index (χ1v) is 10.2. The smallest absolute Gasteiger partial charge is 0.248 e. The predicted octanol–water partition coefficient (Wildman–Crippen LogP) is 3.52. The molecule has 166 valence electrons. The van der Waals surface area contributed by atoms with E-state index >= 15 is 0 Å². The third kappa shape index (κ3) is 3.55. The maximum atomic E-state index is 13.5. The molecule has 0 bridgehead atoms. The molecule has 33 heavy (non-hydrogen) atoms. The van der Waals surface area contributed by atoms with E-state index in [1.165, 1.54) is 35.4 Å². The molecule has 1 aliphatic rings. The molecule has 0 radical (unpaired) electrons. The topological polar surface area (TPSA) is 127 Å². The molecule has 0 aliphatic heterocycles. The van der Waals surface area contributed by atoms with Crippen molar-refractivity contribution >= 4 is 34.4 Å². The minimum atomic E-state index is -1.27. The fourth-order valence-electron chi connectivity index (χ4n) is 3.70. The zero-order valence-corrected chi connectivity index (χ0v) is 17.6. The lowest BCUT2D eigenvalue weighted by Crippen LogP contribution is -2.41. The fraction of sp³-hybridized carbons (Fsp3) is 0.174. The highest BCUT2D eigenvalue weighted by atomic mass is 19.1. The van der Waals surface area contributed by atoms with E-state index in [0.29, 0.717) is 35.7 Å². The first-order valence-electron chi connectivity index (χ1n) is 10.2. The second-order valence-electron chi connectivity index (χ2n) is 7.86. The normalized spacial score (nSPS) is 14.1. The lowest BCUT2D eigenvalue weighted by Gasteiger charge is -2.25. The van der Waals surface area contributed by atoms with Crippen LogP contribution in [0.3, 0.4) is 0 Å². The first-order chi connectivity index (χ1) is 15.9. The Balaban J connectivity index is 1.49. The van der Waals surface area contributed by atoms with Gasteiger partial charge in [0, 0.05) is 6.20 Å². The Morgan fingerprint density at radius 1 is 1.12 bits per heavy atom. The van der Waals surface area contributed by atoms with E-state index in [1.54, 1.807) is 24.4 Å². The highest BCUT2D eigenvalue weighted by molar-refractivity contribution is 6.16. The molecule has 1 fully saturated rings. The number of benzene rings is 1. The van der Waals surface area contributed by atoms with E-state index in [1.807, 2.05) is 6.92 Å². The Hall–Kier alpha value is -4.34. The zero-order valence-electron chi connectivity index (χ0n) is 17.6. The third-order valence-corrected chi connectivity index (χ3v) is 5.70. The summed E-state index contributed by atoms with van der Waals surface area (Å²) in [5.74, 6) is -0.389. The second-order valence-corrected chi connectivity index (χ2v) is 7.86. The molecule has 0 unspecified atom stereocenters. The van der Waals surface area contributed by atoms with E-state index < -0.39 is 23.0 Å². The van der Waals surface area contributed by atoms with Gasteiger partial charge in [-0.25, -0.2) is 14.4 Å². The third-order valence-electron chi connectivity index (χ3n) is 5.70. The molecule has 1 saturated carbocycles. The average Bonchev–Trinajstić information content (AvgIpc) is 3.55. The Labute approximate surface area is 187 Å². The number of halogens is 1. The van der Waals surface area contributed by atoms with Crippen molar-refractivity contribution in [2.75, 3.05) is 4.90 Å². The Bertz CT molecular complexity index is 1360. The van der Waals surface area contributed by atoms with Crippen molar-refractivity contribution in [2.24, 2.45) is 11.1 Å². The van der Waals surface area contributed by atoms with Crippen LogP contribution in [-0.2, 0) is 9.59 Å². The fourth-order valence-corrected chi connectivity index (χ4v) is 3.70. The van der Waals surface area contributed by atoms with E-state index in [0.717, 1.165) is 11.1 Å². The number of ether oxygens (including phenoxy) is 1. The molecule has 1 aliphatic carbocycles. The number of primary amides is 1. The highest BCUT2D eigenvalue weighted by Gasteiger charge is 2.57. The molecule has 9 nitrogen and oxygen atoms in total. The van der Waals surface area contributed by atoms with Gasteiger partial charge in [0.05, 0.1) is 23.0 Å². The molecule has 3 N–H and O–H groups in total. The summed E-state index contributed by atoms with van der Waals surface area (Å²) in [7, 11) is 0. The standard InChI is InChI=1S/C23H19FN6O3/c1-13-19-17(8-11-26-20(19)29-28-13)33-16-6-7-18(27-12-16)30(15-4-2-14(24)3-5-15)22(32)23(9-10-23)21(25)31/h2-8,11-12H,9-10H2,1H3,(H2,25,31)(H,26,28,29). The van der Waals surface area contributed by atoms with Crippen molar-refractivity contribution < 1.29 is 18.7 Å². The number of carbonyl (C=O) groups excluding carboxylic acids is 2. The van der Waals surface area contributed by atoms with Crippen molar-refractivity contribution in [2.45, 2.75) is 19.8 Å². The summed E-state index contributed by atoms with van der Waals surface area (Å²) >= 11 is 0. The number of aryl methyl sites for hydroxylation is 1. The number of hydrogen-bond acceptors (Lipinski definition) is 6. The summed E-state index contributed by atoms with van der Waals surface area (Å²) in [5.41, 5.74) is 5.96. The van der Waals surface area contributed by atoms with Crippen LogP contribution in [0.5, 0.6) is 11.5 Å². The van der Waals surface area contributed by atoms with Gasteiger partial charge in [-0.1, -0.05) is 0 Å². The lowest BCUT2D eigenvalue weighted by atomic mass is 10.0. The van der Waals surface area contributed by atoms with Crippen molar-refractivity contribution in [3.05, 3.63) is 66.4 Å². The van der Waals surface area contributed by atoms with Crippen LogP contribution in [0.4, 0.5) is 15.9 Å². The van der Waals surface area contributed by atoms with E-state index in [9.17, 15) is 14.0 Å². The van der Waals surface area contributed by atoms with Crippen molar-refractivity contribution in [3.63, 3.8) is 0 Å². The number of hydrogen-bond donors (Lipinski definition) is 2. The van der Waals surface area contributed by atoms with Crippen LogP contribution in [0.2, 0.25) is 0 Å². The maximum absolute atomic E-state index is 13.5. The second kappa shape index (κ2) is 7.66. The van der Waals surface area contributed by atoms with Gasteiger partial charge in [-0.2, -0.15) is 5.10 Å². The maximum Gasteiger partial charge on any atom is 0.248 e. The molecule has 1 aromatic carbocycles. The average molecular weight is 446 g/mol. The molecule has 0 saturated heterocycles. The summed E-state index contributed by atoms with van der Waals surface area (Å²) < 4.78 is 19.5. The molecule has 10 heteroatoms. The first kappa shape index (κ1) is 20.6. The largest absolute Gasteiger partial charge is 0.455 e. The monoisotopic (exact) mass is 446 g/mol. The molecule has 0 spiro atoms. The van der Waals surface area contributed by atoms with Crippen molar-refractivity contribution in [1.29, 1.82) is 0 Å². The molecule has 0 atom stereocenters. The number of carbonyl (C=O) groups is 2. The number of aromatic nitrogens is 4. The Morgan fingerprint density at radius 3 is 2.52 bits per heavy atom. The minimum absolute atomic E-state index is 0.255. The van der Waals surface area contributed by atoms with Crippen LogP contribution in [0, 0.1) is 18.2 Å². The van der Waals surface area contributed by atoms with Crippen molar-refractivity contribution in [1.82, 2.24) is 20.2 Å². The number of H-pyrrole nitrogens is 1. The zero-order chi connectivity index (χ0) is 23.2. The Morgan fingerprint density at radius 2 is 1.88 bits per heavy atom.